The summed E-state index contributed by atoms with van der Waals surface area (Å²) in [5.41, 5.74) is 5.62. The van der Waals surface area contributed by atoms with Gasteiger partial charge in [-0.15, -0.1) is 0 Å². The highest BCUT2D eigenvalue weighted by atomic mass is 16.1. The second-order valence-corrected chi connectivity index (χ2v) is 5.56. The molecule has 1 heterocycles. The summed E-state index contributed by atoms with van der Waals surface area (Å²) in [5.74, 6) is -0.0688. The molecule has 2 rings (SSSR count). The van der Waals surface area contributed by atoms with Crippen LogP contribution in [0.4, 0.5) is 0 Å². The molecule has 0 aliphatic heterocycles. The van der Waals surface area contributed by atoms with E-state index in [4.69, 9.17) is 0 Å². The van der Waals surface area contributed by atoms with Gasteiger partial charge in [-0.1, -0.05) is 29.8 Å². The van der Waals surface area contributed by atoms with Gasteiger partial charge in [0, 0.05) is 25.4 Å². The molecular weight excluding hydrogens is 274 g/mol. The third kappa shape index (κ3) is 4.07. The fraction of sp³-hybridized carbons (Fsp3) is 0.333. The van der Waals surface area contributed by atoms with Gasteiger partial charge in [0.25, 0.3) is 0 Å². The molecule has 1 aromatic carbocycles. The predicted octanol–water partition coefficient (Wildman–Crippen LogP) is 2.72. The van der Waals surface area contributed by atoms with Gasteiger partial charge < -0.3 is 5.32 Å². The minimum absolute atomic E-state index is 0.0688. The zero-order valence-corrected chi connectivity index (χ0v) is 13.7. The summed E-state index contributed by atoms with van der Waals surface area (Å²) in [5, 5.41) is 7.30. The highest BCUT2D eigenvalue weighted by Gasteiger charge is 2.08. The Morgan fingerprint density at radius 1 is 1.32 bits per heavy atom. The van der Waals surface area contributed by atoms with E-state index < -0.39 is 0 Å². The van der Waals surface area contributed by atoms with Crippen LogP contribution >= 0.6 is 0 Å². The normalized spacial score (nSPS) is 11.1. The third-order valence-electron chi connectivity index (χ3n) is 3.80. The lowest BCUT2D eigenvalue weighted by atomic mass is 10.1. The number of hydrogen-bond donors (Lipinski definition) is 1. The summed E-state index contributed by atoms with van der Waals surface area (Å²) in [6.45, 7) is 6.71. The van der Waals surface area contributed by atoms with E-state index in [1.165, 1.54) is 11.1 Å². The Bertz CT molecular complexity index is 698. The maximum absolute atomic E-state index is 11.8. The lowest BCUT2D eigenvalue weighted by molar-refractivity contribution is -0.116. The van der Waals surface area contributed by atoms with E-state index in [1.54, 1.807) is 6.08 Å². The van der Waals surface area contributed by atoms with E-state index in [0.29, 0.717) is 6.54 Å². The van der Waals surface area contributed by atoms with Crippen molar-refractivity contribution < 1.29 is 4.79 Å². The van der Waals surface area contributed by atoms with Gasteiger partial charge in [-0.05, 0) is 44.4 Å². The quantitative estimate of drug-likeness (QED) is 0.863. The predicted molar refractivity (Wildman–Crippen MR) is 89.6 cm³/mol. The number of nitrogens with zero attached hydrogens (tertiary/aromatic N) is 2. The van der Waals surface area contributed by atoms with Crippen LogP contribution < -0.4 is 5.32 Å². The fourth-order valence-electron chi connectivity index (χ4n) is 2.49. The zero-order chi connectivity index (χ0) is 16.1. The van der Waals surface area contributed by atoms with E-state index in [2.05, 4.69) is 17.3 Å². The minimum Gasteiger partial charge on any atom is -0.352 e. The maximum Gasteiger partial charge on any atom is 0.244 e. The van der Waals surface area contributed by atoms with E-state index in [1.807, 2.05) is 55.9 Å². The van der Waals surface area contributed by atoms with Crippen LogP contribution in [0.5, 0.6) is 0 Å². The van der Waals surface area contributed by atoms with Gasteiger partial charge in [0.2, 0.25) is 5.91 Å². The summed E-state index contributed by atoms with van der Waals surface area (Å²) in [6, 6.07) is 8.06. The molecule has 4 nitrogen and oxygen atoms in total. The molecule has 0 aliphatic carbocycles. The molecule has 0 atom stereocenters. The second kappa shape index (κ2) is 7.07. The van der Waals surface area contributed by atoms with Crippen LogP contribution in [0.15, 0.2) is 30.3 Å². The molecule has 0 unspecified atom stereocenters. The number of aromatic nitrogens is 2. The van der Waals surface area contributed by atoms with Gasteiger partial charge >= 0.3 is 0 Å². The Labute approximate surface area is 131 Å². The average Bonchev–Trinajstić information content (AvgIpc) is 2.71. The fourth-order valence-corrected chi connectivity index (χ4v) is 2.49. The number of nitrogens with one attached hydrogen (secondary N) is 1. The Morgan fingerprint density at radius 2 is 2.09 bits per heavy atom. The molecule has 1 amide bonds. The number of amides is 1. The van der Waals surface area contributed by atoms with Gasteiger partial charge in [0.05, 0.1) is 5.69 Å². The smallest absolute Gasteiger partial charge is 0.244 e. The number of carbonyl (C=O) groups is 1. The van der Waals surface area contributed by atoms with E-state index in [9.17, 15) is 4.79 Å². The molecule has 1 N–H and O–H groups in total. The summed E-state index contributed by atoms with van der Waals surface area (Å²) >= 11 is 0. The van der Waals surface area contributed by atoms with Crippen LogP contribution in [0.25, 0.3) is 6.08 Å². The molecule has 2 aromatic rings. The summed E-state index contributed by atoms with van der Waals surface area (Å²) in [6.07, 6.45) is 4.22. The average molecular weight is 297 g/mol. The summed E-state index contributed by atoms with van der Waals surface area (Å²) in [4.78, 5) is 11.8. The van der Waals surface area contributed by atoms with Gasteiger partial charge in [-0.2, -0.15) is 5.10 Å². The van der Waals surface area contributed by atoms with Gasteiger partial charge in [0.1, 0.15) is 0 Å². The van der Waals surface area contributed by atoms with Crippen molar-refractivity contribution in [2.75, 3.05) is 6.54 Å². The first kappa shape index (κ1) is 16.0. The molecule has 116 valence electrons. The van der Waals surface area contributed by atoms with Crippen LogP contribution in [-0.4, -0.2) is 22.2 Å². The lowest BCUT2D eigenvalue weighted by Crippen LogP contribution is -2.23. The number of benzene rings is 1. The second-order valence-electron chi connectivity index (χ2n) is 5.56. The third-order valence-corrected chi connectivity index (χ3v) is 3.80. The largest absolute Gasteiger partial charge is 0.352 e. The van der Waals surface area contributed by atoms with Crippen LogP contribution in [0.3, 0.4) is 0 Å². The number of carbonyl (C=O) groups excluding carboxylic acids is 1. The van der Waals surface area contributed by atoms with E-state index in [-0.39, 0.29) is 5.91 Å². The Balaban J connectivity index is 1.85. The van der Waals surface area contributed by atoms with Crippen molar-refractivity contribution in [1.29, 1.82) is 0 Å². The Kier molecular flexibility index (Phi) is 5.15. The Hall–Kier alpha value is -2.36. The van der Waals surface area contributed by atoms with E-state index in [0.717, 1.165) is 23.4 Å². The molecule has 22 heavy (non-hydrogen) atoms. The van der Waals surface area contributed by atoms with Gasteiger partial charge in [-0.25, -0.2) is 0 Å². The minimum atomic E-state index is -0.0688. The molecule has 0 bridgehead atoms. The zero-order valence-electron chi connectivity index (χ0n) is 13.7. The Morgan fingerprint density at radius 3 is 2.73 bits per heavy atom. The first-order valence-electron chi connectivity index (χ1n) is 7.49. The van der Waals surface area contributed by atoms with Crippen molar-refractivity contribution in [2.45, 2.75) is 27.2 Å². The SMILES string of the molecule is Cc1cccc(C=CC(=O)NCCc2c(C)nn(C)c2C)c1. The van der Waals surface area contributed by atoms with Crippen molar-refractivity contribution in [3.05, 3.63) is 58.4 Å². The lowest BCUT2D eigenvalue weighted by Gasteiger charge is -2.03. The first-order valence-corrected chi connectivity index (χ1v) is 7.49. The highest BCUT2D eigenvalue weighted by molar-refractivity contribution is 5.91. The molecule has 4 heteroatoms. The van der Waals surface area contributed by atoms with Gasteiger partial charge in [-0.3, -0.25) is 9.48 Å². The van der Waals surface area contributed by atoms with Crippen LogP contribution in [0, 0.1) is 20.8 Å². The molecular formula is C18H23N3O. The van der Waals surface area contributed by atoms with Crippen LogP contribution in [0.1, 0.15) is 28.1 Å². The molecule has 0 fully saturated rings. The van der Waals surface area contributed by atoms with Gasteiger partial charge in [0.15, 0.2) is 0 Å². The summed E-state index contributed by atoms with van der Waals surface area (Å²) in [7, 11) is 1.94. The first-order chi connectivity index (χ1) is 10.5. The van der Waals surface area contributed by atoms with Crippen LogP contribution in [0.2, 0.25) is 0 Å². The monoisotopic (exact) mass is 297 g/mol. The molecule has 1 aromatic heterocycles. The number of aryl methyl sites for hydroxylation is 3. The molecule has 0 saturated heterocycles. The van der Waals surface area contributed by atoms with Crippen molar-refractivity contribution >= 4 is 12.0 Å². The topological polar surface area (TPSA) is 46.9 Å². The number of rotatable bonds is 5. The molecule has 0 aliphatic rings. The van der Waals surface area contributed by atoms with Crippen molar-refractivity contribution in [2.24, 2.45) is 7.05 Å². The molecule has 0 spiro atoms. The number of hydrogen-bond acceptors (Lipinski definition) is 2. The standard InChI is InChI=1S/C18H23N3O/c1-13-6-5-7-16(12-13)8-9-18(22)19-11-10-17-14(2)20-21(4)15(17)3/h5-9,12H,10-11H2,1-4H3,(H,19,22). The van der Waals surface area contributed by atoms with Crippen molar-refractivity contribution in [3.8, 4) is 0 Å². The van der Waals surface area contributed by atoms with Crippen LogP contribution in [-0.2, 0) is 18.3 Å². The molecule has 0 radical (unpaired) electrons. The molecule has 0 saturated carbocycles. The summed E-state index contributed by atoms with van der Waals surface area (Å²) < 4.78 is 1.88. The highest BCUT2D eigenvalue weighted by Crippen LogP contribution is 2.11. The van der Waals surface area contributed by atoms with Crippen molar-refractivity contribution in [1.82, 2.24) is 15.1 Å². The van der Waals surface area contributed by atoms with E-state index >= 15 is 0 Å². The maximum atomic E-state index is 11.8. The van der Waals surface area contributed by atoms with Crippen molar-refractivity contribution in [3.63, 3.8) is 0 Å².